The lowest BCUT2D eigenvalue weighted by Gasteiger charge is -2.04. The van der Waals surface area contributed by atoms with Gasteiger partial charge >= 0.3 is 5.97 Å². The molecule has 0 unspecified atom stereocenters. The topological polar surface area (TPSA) is 59.4 Å². The lowest BCUT2D eigenvalue weighted by molar-refractivity contribution is 0.0692. The highest BCUT2D eigenvalue weighted by molar-refractivity contribution is 9.10. The average Bonchev–Trinajstić information content (AvgIpc) is 2.03. The summed E-state index contributed by atoms with van der Waals surface area (Å²) in [5.41, 5.74) is 0.0903. The predicted molar refractivity (Wildman–Crippen MR) is 45.4 cm³/mol. The molecule has 0 saturated carbocycles. The van der Waals surface area contributed by atoms with E-state index in [9.17, 15) is 4.79 Å². The minimum atomic E-state index is -1.04. The van der Waals surface area contributed by atoms with E-state index >= 15 is 0 Å². The van der Waals surface area contributed by atoms with Crippen molar-refractivity contribution in [2.24, 2.45) is 0 Å². The van der Waals surface area contributed by atoms with Gasteiger partial charge in [0.15, 0.2) is 5.75 Å². The van der Waals surface area contributed by atoms with Crippen LogP contribution >= 0.6 is 15.9 Å². The van der Waals surface area contributed by atoms with Crippen molar-refractivity contribution in [1.29, 1.82) is 0 Å². The quantitative estimate of drug-likeness (QED) is 0.840. The molecule has 0 amide bonds. The first-order valence-corrected chi connectivity index (χ1v) is 3.87. The van der Waals surface area contributed by atoms with Crippen LogP contribution in [-0.4, -0.2) is 23.2 Å². The fourth-order valence-corrected chi connectivity index (χ4v) is 1.26. The summed E-state index contributed by atoms with van der Waals surface area (Å²) in [6, 6.07) is 0. The van der Waals surface area contributed by atoms with Crippen molar-refractivity contribution in [1.82, 2.24) is 4.98 Å². The molecule has 0 radical (unpaired) electrons. The molecule has 1 heterocycles. The number of carboxylic acids is 1. The number of pyridine rings is 1. The van der Waals surface area contributed by atoms with Gasteiger partial charge in [-0.25, -0.2) is 4.79 Å². The van der Waals surface area contributed by atoms with Crippen LogP contribution in [0.4, 0.5) is 0 Å². The average molecular weight is 232 g/mol. The second-order valence-corrected chi connectivity index (χ2v) is 2.86. The summed E-state index contributed by atoms with van der Waals surface area (Å²) in [4.78, 5) is 14.4. The fourth-order valence-electron chi connectivity index (χ4n) is 0.780. The van der Waals surface area contributed by atoms with E-state index in [2.05, 4.69) is 20.9 Å². The Morgan fingerprint density at radius 2 is 2.33 bits per heavy atom. The largest absolute Gasteiger partial charge is 0.494 e. The summed E-state index contributed by atoms with van der Waals surface area (Å²) in [6.45, 7) is 0. The smallest absolute Gasteiger partial charge is 0.340 e. The first-order chi connectivity index (χ1) is 5.66. The van der Waals surface area contributed by atoms with E-state index in [1.165, 1.54) is 19.5 Å². The molecule has 0 bridgehead atoms. The monoisotopic (exact) mass is 231 g/mol. The van der Waals surface area contributed by atoms with E-state index in [-0.39, 0.29) is 11.3 Å². The minimum absolute atomic E-state index is 0.0903. The van der Waals surface area contributed by atoms with E-state index < -0.39 is 5.97 Å². The van der Waals surface area contributed by atoms with Crippen LogP contribution in [0, 0.1) is 0 Å². The molecule has 12 heavy (non-hydrogen) atoms. The van der Waals surface area contributed by atoms with Gasteiger partial charge in [0, 0.05) is 6.20 Å². The zero-order chi connectivity index (χ0) is 9.14. The number of aromatic carboxylic acids is 1. The Hall–Kier alpha value is -1.10. The van der Waals surface area contributed by atoms with Crippen LogP contribution in [0.3, 0.4) is 0 Å². The number of carbonyl (C=O) groups is 1. The van der Waals surface area contributed by atoms with Crippen molar-refractivity contribution >= 4 is 21.9 Å². The molecule has 0 aliphatic heterocycles. The Kier molecular flexibility index (Phi) is 2.65. The van der Waals surface area contributed by atoms with Gasteiger partial charge in [0.2, 0.25) is 0 Å². The van der Waals surface area contributed by atoms with Crippen LogP contribution in [0.5, 0.6) is 5.75 Å². The SMILES string of the molecule is COc1cncc(Br)c1C(=O)O. The predicted octanol–water partition coefficient (Wildman–Crippen LogP) is 1.55. The van der Waals surface area contributed by atoms with Crippen molar-refractivity contribution in [3.05, 3.63) is 22.4 Å². The van der Waals surface area contributed by atoms with Gasteiger partial charge in [0.1, 0.15) is 5.56 Å². The molecule has 4 nitrogen and oxygen atoms in total. The second-order valence-electron chi connectivity index (χ2n) is 2.00. The molecule has 1 rings (SSSR count). The Balaban J connectivity index is 3.29. The van der Waals surface area contributed by atoms with E-state index in [0.29, 0.717) is 4.47 Å². The Morgan fingerprint density at radius 1 is 1.67 bits per heavy atom. The lowest BCUT2D eigenvalue weighted by Crippen LogP contribution is -2.02. The first-order valence-electron chi connectivity index (χ1n) is 3.07. The van der Waals surface area contributed by atoms with E-state index in [1.54, 1.807) is 0 Å². The Bertz CT molecular complexity index is 314. The van der Waals surface area contributed by atoms with Crippen molar-refractivity contribution in [3.8, 4) is 5.75 Å². The first kappa shape index (κ1) is 8.99. The molecule has 0 atom stereocenters. The second kappa shape index (κ2) is 3.53. The zero-order valence-electron chi connectivity index (χ0n) is 6.24. The van der Waals surface area contributed by atoms with E-state index in [0.717, 1.165) is 0 Å². The molecule has 0 saturated heterocycles. The summed E-state index contributed by atoms with van der Waals surface area (Å²) in [5, 5.41) is 8.74. The summed E-state index contributed by atoms with van der Waals surface area (Å²) in [5.74, 6) is -0.794. The van der Waals surface area contributed by atoms with Crippen LogP contribution < -0.4 is 4.74 Å². The minimum Gasteiger partial charge on any atom is -0.494 e. The Morgan fingerprint density at radius 3 is 2.75 bits per heavy atom. The van der Waals surface area contributed by atoms with Gasteiger partial charge in [-0.3, -0.25) is 4.98 Å². The van der Waals surface area contributed by atoms with E-state index in [1.807, 2.05) is 0 Å². The molecule has 64 valence electrons. The van der Waals surface area contributed by atoms with Crippen LogP contribution in [-0.2, 0) is 0 Å². The van der Waals surface area contributed by atoms with Crippen molar-refractivity contribution in [3.63, 3.8) is 0 Å². The maximum absolute atomic E-state index is 10.7. The number of halogens is 1. The molecule has 0 spiro atoms. The molecular weight excluding hydrogens is 226 g/mol. The number of rotatable bonds is 2. The molecule has 0 fully saturated rings. The third kappa shape index (κ3) is 1.55. The van der Waals surface area contributed by atoms with Gasteiger partial charge in [-0.2, -0.15) is 0 Å². The van der Waals surface area contributed by atoms with E-state index in [4.69, 9.17) is 9.84 Å². The maximum Gasteiger partial charge on any atom is 0.340 e. The maximum atomic E-state index is 10.7. The summed E-state index contributed by atoms with van der Waals surface area (Å²) in [6.07, 6.45) is 2.76. The number of nitrogens with zero attached hydrogens (tertiary/aromatic N) is 1. The lowest BCUT2D eigenvalue weighted by atomic mass is 10.2. The molecular formula is C7H6BrNO3. The number of methoxy groups -OCH3 is 1. The number of hydrogen-bond donors (Lipinski definition) is 1. The highest BCUT2D eigenvalue weighted by Crippen LogP contribution is 2.24. The number of hydrogen-bond acceptors (Lipinski definition) is 3. The summed E-state index contributed by atoms with van der Waals surface area (Å²) >= 11 is 3.07. The van der Waals surface area contributed by atoms with Gasteiger partial charge in [-0.1, -0.05) is 0 Å². The normalized spacial score (nSPS) is 9.50. The number of aromatic nitrogens is 1. The van der Waals surface area contributed by atoms with Crippen LogP contribution in [0.15, 0.2) is 16.9 Å². The van der Waals surface area contributed by atoms with Crippen LogP contribution in [0.1, 0.15) is 10.4 Å². The van der Waals surface area contributed by atoms with Crippen LogP contribution in [0.2, 0.25) is 0 Å². The molecule has 0 aliphatic carbocycles. The van der Waals surface area contributed by atoms with Crippen molar-refractivity contribution in [2.45, 2.75) is 0 Å². The van der Waals surface area contributed by atoms with Crippen molar-refractivity contribution < 1.29 is 14.6 Å². The number of ether oxygens (including phenoxy) is 1. The van der Waals surface area contributed by atoms with Gasteiger partial charge < -0.3 is 9.84 Å². The van der Waals surface area contributed by atoms with Gasteiger partial charge in [-0.05, 0) is 15.9 Å². The van der Waals surface area contributed by atoms with Crippen LogP contribution in [0.25, 0.3) is 0 Å². The third-order valence-corrected chi connectivity index (χ3v) is 1.90. The van der Waals surface area contributed by atoms with Gasteiger partial charge in [0.05, 0.1) is 17.8 Å². The molecule has 5 heteroatoms. The molecule has 0 aliphatic rings. The van der Waals surface area contributed by atoms with Crippen molar-refractivity contribution in [2.75, 3.05) is 7.11 Å². The Labute approximate surface area is 77.3 Å². The highest BCUT2D eigenvalue weighted by Gasteiger charge is 2.14. The fraction of sp³-hybridized carbons (Fsp3) is 0.143. The molecule has 1 aromatic rings. The zero-order valence-corrected chi connectivity index (χ0v) is 7.83. The standard InChI is InChI=1S/C7H6BrNO3/c1-12-5-3-9-2-4(8)6(5)7(10)11/h2-3H,1H3,(H,10,11). The summed E-state index contributed by atoms with van der Waals surface area (Å²) < 4.78 is 5.23. The molecule has 1 N–H and O–H groups in total. The van der Waals surface area contributed by atoms with Gasteiger partial charge in [-0.15, -0.1) is 0 Å². The highest BCUT2D eigenvalue weighted by atomic mass is 79.9. The molecule has 1 aromatic heterocycles. The van der Waals surface area contributed by atoms with Gasteiger partial charge in [0.25, 0.3) is 0 Å². The molecule has 0 aromatic carbocycles. The summed E-state index contributed by atoms with van der Waals surface area (Å²) in [7, 11) is 1.40. The number of carboxylic acid groups (broad SMARTS) is 1. The third-order valence-electron chi connectivity index (χ3n) is 1.30.